The number of aliphatic carboxylic acids is 1. The van der Waals surface area contributed by atoms with E-state index in [4.69, 9.17) is 9.68 Å². The molecule has 136 valence electrons. The number of aromatic nitrogens is 3. The van der Waals surface area contributed by atoms with Gasteiger partial charge >= 0.3 is 5.97 Å². The van der Waals surface area contributed by atoms with E-state index in [0.29, 0.717) is 48.8 Å². The molecule has 0 amide bonds. The van der Waals surface area contributed by atoms with Crippen molar-refractivity contribution >= 4 is 11.8 Å². The highest BCUT2D eigenvalue weighted by molar-refractivity contribution is 5.77. The first-order valence-corrected chi connectivity index (χ1v) is 8.57. The minimum absolute atomic E-state index is 0.375. The topological polar surface area (TPSA) is 108 Å². The van der Waals surface area contributed by atoms with Crippen LogP contribution in [0.15, 0.2) is 53.4 Å². The molecule has 0 bridgehead atoms. The predicted octanol–water partition coefficient (Wildman–Crippen LogP) is 2.49. The quantitative estimate of drug-likeness (QED) is 0.758. The Labute approximate surface area is 155 Å². The number of carboxylic acids is 1. The molecule has 0 aliphatic carbocycles. The van der Waals surface area contributed by atoms with Gasteiger partial charge in [-0.05, 0) is 30.3 Å². The van der Waals surface area contributed by atoms with Crippen LogP contribution in [-0.4, -0.2) is 38.9 Å². The van der Waals surface area contributed by atoms with Gasteiger partial charge in [0.25, 0.3) is 0 Å². The molecule has 4 heterocycles. The Kier molecular flexibility index (Phi) is 4.12. The van der Waals surface area contributed by atoms with Crippen molar-refractivity contribution in [2.45, 2.75) is 18.4 Å². The van der Waals surface area contributed by atoms with Crippen LogP contribution in [0.1, 0.15) is 18.4 Å². The van der Waals surface area contributed by atoms with Gasteiger partial charge in [0.05, 0.1) is 17.9 Å². The van der Waals surface area contributed by atoms with Crippen LogP contribution < -0.4 is 4.90 Å². The van der Waals surface area contributed by atoms with E-state index in [1.54, 1.807) is 49.0 Å². The van der Waals surface area contributed by atoms with Crippen LogP contribution >= 0.6 is 0 Å². The van der Waals surface area contributed by atoms with E-state index in [9.17, 15) is 9.90 Å². The zero-order valence-corrected chi connectivity index (χ0v) is 14.4. The number of nitrogens with zero attached hydrogens (tertiary/aromatic N) is 5. The van der Waals surface area contributed by atoms with E-state index in [1.165, 1.54) is 4.68 Å². The highest BCUT2D eigenvalue weighted by Crippen LogP contribution is 2.33. The maximum atomic E-state index is 12.2. The first-order valence-electron chi connectivity index (χ1n) is 8.57. The Morgan fingerprint density at radius 2 is 2.11 bits per heavy atom. The molecule has 0 atom stereocenters. The fourth-order valence-corrected chi connectivity index (χ4v) is 3.43. The molecule has 1 fully saturated rings. The summed E-state index contributed by atoms with van der Waals surface area (Å²) in [5.41, 5.74) is 0.0189. The molecule has 1 N–H and O–H groups in total. The number of anilines is 1. The second-order valence-corrected chi connectivity index (χ2v) is 6.46. The third-order valence-corrected chi connectivity index (χ3v) is 4.99. The van der Waals surface area contributed by atoms with Gasteiger partial charge in [0.15, 0.2) is 11.3 Å². The number of piperidine rings is 1. The lowest BCUT2D eigenvalue weighted by Gasteiger charge is -2.39. The second-order valence-electron chi connectivity index (χ2n) is 6.46. The Bertz CT molecular complexity index is 995. The van der Waals surface area contributed by atoms with Gasteiger partial charge in [0, 0.05) is 38.3 Å². The molecule has 3 aromatic rings. The average molecular weight is 363 g/mol. The van der Waals surface area contributed by atoms with Crippen LogP contribution in [0.2, 0.25) is 0 Å². The molecule has 0 radical (unpaired) electrons. The predicted molar refractivity (Wildman–Crippen MR) is 95.9 cm³/mol. The van der Waals surface area contributed by atoms with Crippen LogP contribution in [0.25, 0.3) is 11.5 Å². The molecule has 4 rings (SSSR count). The van der Waals surface area contributed by atoms with Gasteiger partial charge in [0.1, 0.15) is 11.5 Å². The molecule has 8 heteroatoms. The molecule has 1 aliphatic heterocycles. The summed E-state index contributed by atoms with van der Waals surface area (Å²) in [5.74, 6) is 0.379. The van der Waals surface area contributed by atoms with Crippen LogP contribution in [0, 0.1) is 11.3 Å². The van der Waals surface area contributed by atoms with Gasteiger partial charge < -0.3 is 14.4 Å². The molecule has 8 nitrogen and oxygen atoms in total. The van der Waals surface area contributed by atoms with Gasteiger partial charge in [-0.15, -0.1) is 0 Å². The van der Waals surface area contributed by atoms with Crippen molar-refractivity contribution < 1.29 is 14.3 Å². The summed E-state index contributed by atoms with van der Waals surface area (Å²) in [6.07, 6.45) is 5.59. The summed E-state index contributed by atoms with van der Waals surface area (Å²) in [6, 6.07) is 10.8. The van der Waals surface area contributed by atoms with E-state index in [1.807, 2.05) is 4.90 Å². The molecule has 1 aliphatic rings. The molecular weight excluding hydrogens is 346 g/mol. The highest BCUT2D eigenvalue weighted by Gasteiger charge is 2.44. The zero-order chi connectivity index (χ0) is 18.9. The Morgan fingerprint density at radius 1 is 1.30 bits per heavy atom. The van der Waals surface area contributed by atoms with E-state index >= 15 is 0 Å². The van der Waals surface area contributed by atoms with E-state index in [-0.39, 0.29) is 0 Å². The van der Waals surface area contributed by atoms with Crippen molar-refractivity contribution in [1.82, 2.24) is 14.8 Å². The molecule has 0 unspecified atom stereocenters. The van der Waals surface area contributed by atoms with Crippen molar-refractivity contribution in [2.75, 3.05) is 18.0 Å². The van der Waals surface area contributed by atoms with Crippen LogP contribution in [-0.2, 0) is 10.3 Å². The maximum Gasteiger partial charge on any atom is 0.331 e. The second kappa shape index (κ2) is 6.61. The first kappa shape index (κ1) is 16.8. The lowest BCUT2D eigenvalue weighted by Crippen LogP contribution is -2.51. The monoisotopic (exact) mass is 363 g/mol. The number of rotatable bonds is 4. The number of hydrogen-bond acceptors (Lipinski definition) is 6. The van der Waals surface area contributed by atoms with E-state index in [0.717, 1.165) is 0 Å². The third kappa shape index (κ3) is 2.93. The zero-order valence-electron chi connectivity index (χ0n) is 14.4. The van der Waals surface area contributed by atoms with Crippen LogP contribution in [0.3, 0.4) is 0 Å². The molecule has 3 aromatic heterocycles. The van der Waals surface area contributed by atoms with E-state index in [2.05, 4.69) is 16.2 Å². The first-order chi connectivity index (χ1) is 13.1. The van der Waals surface area contributed by atoms with Crippen molar-refractivity contribution in [3.63, 3.8) is 0 Å². The van der Waals surface area contributed by atoms with Gasteiger partial charge in [0.2, 0.25) is 0 Å². The lowest BCUT2D eigenvalue weighted by atomic mass is 9.87. The average Bonchev–Trinajstić information content (AvgIpc) is 3.39. The molecule has 0 saturated carbocycles. The third-order valence-electron chi connectivity index (χ3n) is 4.99. The van der Waals surface area contributed by atoms with Gasteiger partial charge in [-0.3, -0.25) is 4.68 Å². The Balaban J connectivity index is 1.58. The summed E-state index contributed by atoms with van der Waals surface area (Å²) < 4.78 is 6.88. The van der Waals surface area contributed by atoms with Crippen molar-refractivity contribution in [1.29, 1.82) is 5.26 Å². The van der Waals surface area contributed by atoms with Crippen LogP contribution in [0.4, 0.5) is 5.82 Å². The summed E-state index contributed by atoms with van der Waals surface area (Å²) in [5, 5.41) is 23.5. The molecule has 1 saturated heterocycles. The fraction of sp³-hybridized carbons (Fsp3) is 0.263. The minimum atomic E-state index is -1.12. The molecular formula is C19H17N5O3. The number of furan rings is 1. The van der Waals surface area contributed by atoms with Crippen molar-refractivity contribution in [3.8, 4) is 17.5 Å². The Morgan fingerprint density at radius 3 is 2.78 bits per heavy atom. The SMILES string of the molecule is N#Cc1ccnc(N2CCC(C(=O)O)(n3ccc(-c4ccco4)n3)CC2)c1. The van der Waals surface area contributed by atoms with Crippen LogP contribution in [0.5, 0.6) is 0 Å². The number of hydrogen-bond donors (Lipinski definition) is 1. The minimum Gasteiger partial charge on any atom is -0.479 e. The van der Waals surface area contributed by atoms with E-state index < -0.39 is 11.5 Å². The van der Waals surface area contributed by atoms with Crippen molar-refractivity contribution in [3.05, 3.63) is 54.6 Å². The standard InChI is InChI=1S/C19H17N5O3/c20-13-14-3-7-21-17(12-14)23-9-5-19(6-10-23,18(25)26)24-8-4-15(22-24)16-2-1-11-27-16/h1-4,7-8,11-12H,5-6,9-10H2,(H,25,26). The van der Waals surface area contributed by atoms with Gasteiger partial charge in [-0.25, -0.2) is 9.78 Å². The number of nitriles is 1. The van der Waals surface area contributed by atoms with Crippen molar-refractivity contribution in [2.24, 2.45) is 0 Å². The number of carboxylic acid groups (broad SMARTS) is 1. The van der Waals surface area contributed by atoms with Gasteiger partial charge in [-0.2, -0.15) is 10.4 Å². The smallest absolute Gasteiger partial charge is 0.331 e. The highest BCUT2D eigenvalue weighted by atomic mass is 16.4. The normalized spacial score (nSPS) is 16.0. The summed E-state index contributed by atoms with van der Waals surface area (Å²) >= 11 is 0. The molecule has 0 aromatic carbocycles. The largest absolute Gasteiger partial charge is 0.479 e. The molecule has 27 heavy (non-hydrogen) atoms. The maximum absolute atomic E-state index is 12.2. The number of pyridine rings is 1. The summed E-state index contributed by atoms with van der Waals surface area (Å²) in [4.78, 5) is 18.5. The fourth-order valence-electron chi connectivity index (χ4n) is 3.43. The lowest BCUT2D eigenvalue weighted by molar-refractivity contribution is -0.149. The summed E-state index contributed by atoms with van der Waals surface area (Å²) in [6.45, 7) is 1.01. The molecule has 0 spiro atoms. The number of carbonyl (C=O) groups is 1. The van der Waals surface area contributed by atoms with Gasteiger partial charge in [-0.1, -0.05) is 0 Å². The Hall–Kier alpha value is -3.60. The summed E-state index contributed by atoms with van der Waals surface area (Å²) in [7, 11) is 0.